The molecule has 28 heavy (non-hydrogen) atoms. The predicted octanol–water partition coefficient (Wildman–Crippen LogP) is 0.547. The average Bonchev–Trinajstić information content (AvgIpc) is 2.75. The van der Waals surface area contributed by atoms with E-state index in [1.807, 2.05) is 6.07 Å². The molecule has 0 aliphatic carbocycles. The molecule has 0 saturated carbocycles. The summed E-state index contributed by atoms with van der Waals surface area (Å²) in [4.78, 5) is 16.5. The van der Waals surface area contributed by atoms with Gasteiger partial charge in [-0.05, 0) is 12.1 Å². The summed E-state index contributed by atoms with van der Waals surface area (Å²) in [6, 6.07) is 18.6. The molecule has 0 bridgehead atoms. The second kappa shape index (κ2) is 8.71. The molecule has 2 saturated heterocycles. The lowest BCUT2D eigenvalue weighted by Crippen LogP contribution is -3.21. The smallest absolute Gasteiger partial charge is 0.269 e. The normalized spacial score (nSPS) is 23.5. The zero-order chi connectivity index (χ0) is 19.3. The van der Waals surface area contributed by atoms with Crippen LogP contribution in [0.2, 0.25) is 0 Å². The fraction of sp³-hybridized carbons (Fsp3) is 0.455. The fourth-order valence-corrected chi connectivity index (χ4v) is 4.78. The van der Waals surface area contributed by atoms with Gasteiger partial charge in [0.25, 0.3) is 5.69 Å². The van der Waals surface area contributed by atoms with E-state index < -0.39 is 0 Å². The summed E-state index contributed by atoms with van der Waals surface area (Å²) >= 11 is 0. The molecule has 0 spiro atoms. The van der Waals surface area contributed by atoms with Crippen molar-refractivity contribution in [3.8, 4) is 0 Å². The number of anilines is 1. The highest BCUT2D eigenvalue weighted by Crippen LogP contribution is 2.14. The number of likely N-dealkylation sites (tertiary alicyclic amines) is 1. The van der Waals surface area contributed by atoms with Crippen molar-refractivity contribution >= 4 is 11.4 Å². The molecule has 0 aromatic heterocycles. The highest BCUT2D eigenvalue weighted by atomic mass is 16.6. The van der Waals surface area contributed by atoms with E-state index in [-0.39, 0.29) is 10.6 Å². The van der Waals surface area contributed by atoms with Gasteiger partial charge in [0, 0.05) is 36.2 Å². The number of quaternary nitrogens is 2. The summed E-state index contributed by atoms with van der Waals surface area (Å²) in [6.45, 7) is 7.95. The van der Waals surface area contributed by atoms with Gasteiger partial charge in [-0.3, -0.25) is 10.1 Å². The summed E-state index contributed by atoms with van der Waals surface area (Å²) in [5.74, 6) is 0. The van der Waals surface area contributed by atoms with Crippen molar-refractivity contribution in [2.45, 2.75) is 25.4 Å². The van der Waals surface area contributed by atoms with Gasteiger partial charge in [0.05, 0.1) is 50.2 Å². The molecule has 2 aliphatic heterocycles. The van der Waals surface area contributed by atoms with Gasteiger partial charge in [-0.2, -0.15) is 0 Å². The van der Waals surface area contributed by atoms with Crippen LogP contribution in [0.5, 0.6) is 0 Å². The minimum absolute atomic E-state index is 0.201. The number of nitrogens with one attached hydrogen (secondary N) is 2. The maximum absolute atomic E-state index is 11.0. The predicted molar refractivity (Wildman–Crippen MR) is 110 cm³/mol. The molecule has 4 rings (SSSR count). The molecule has 6 nitrogen and oxygen atoms in total. The van der Waals surface area contributed by atoms with Crippen molar-refractivity contribution in [2.24, 2.45) is 0 Å². The minimum atomic E-state index is -0.302. The second-order valence-electron chi connectivity index (χ2n) is 8.11. The Morgan fingerprint density at radius 1 is 0.964 bits per heavy atom. The molecule has 2 aromatic rings. The summed E-state index contributed by atoms with van der Waals surface area (Å²) in [6.07, 6.45) is 2.51. The SMILES string of the molecule is O=[N+]([O-])c1cccc(C[NH+]2CCC([NH+]3CCN(c4ccccc4)CC3)CC2)c1. The molecule has 0 radical (unpaired) electrons. The van der Waals surface area contributed by atoms with Crippen molar-refractivity contribution in [1.82, 2.24) is 0 Å². The van der Waals surface area contributed by atoms with Crippen LogP contribution >= 0.6 is 0 Å². The molecule has 2 fully saturated rings. The van der Waals surface area contributed by atoms with Gasteiger partial charge in [0.2, 0.25) is 0 Å². The van der Waals surface area contributed by atoms with Gasteiger partial charge in [0.15, 0.2) is 0 Å². The number of hydrogen-bond acceptors (Lipinski definition) is 3. The molecule has 2 N–H and O–H groups in total. The van der Waals surface area contributed by atoms with Gasteiger partial charge in [-0.25, -0.2) is 0 Å². The van der Waals surface area contributed by atoms with Crippen LogP contribution in [0, 0.1) is 10.1 Å². The minimum Gasteiger partial charge on any atom is -0.360 e. The molecule has 2 aromatic carbocycles. The van der Waals surface area contributed by atoms with E-state index in [2.05, 4.69) is 35.2 Å². The Morgan fingerprint density at radius 3 is 2.36 bits per heavy atom. The van der Waals surface area contributed by atoms with Crippen LogP contribution in [-0.4, -0.2) is 50.2 Å². The van der Waals surface area contributed by atoms with Crippen LogP contribution in [0.1, 0.15) is 18.4 Å². The average molecular weight is 383 g/mol. The number of nitrogens with zero attached hydrogens (tertiary/aromatic N) is 2. The molecule has 0 unspecified atom stereocenters. The first kappa shape index (κ1) is 18.9. The first-order valence-corrected chi connectivity index (χ1v) is 10.4. The standard InChI is InChI=1S/C22H28N4O2/c27-26(28)22-8-4-5-19(17-22)18-23-11-9-21(10-12-23)25-15-13-24(14-16-25)20-6-2-1-3-7-20/h1-8,17,21H,9-16,18H2/p+2. The largest absolute Gasteiger partial charge is 0.360 e. The Labute approximate surface area is 166 Å². The van der Waals surface area contributed by atoms with E-state index in [0.717, 1.165) is 31.2 Å². The Bertz CT molecular complexity index is 782. The lowest BCUT2D eigenvalue weighted by molar-refractivity contribution is -0.963. The maximum atomic E-state index is 11.0. The molecular weight excluding hydrogens is 352 g/mol. The summed E-state index contributed by atoms with van der Waals surface area (Å²) in [5.41, 5.74) is 2.62. The number of nitro groups is 1. The van der Waals surface area contributed by atoms with E-state index in [9.17, 15) is 10.1 Å². The van der Waals surface area contributed by atoms with Crippen LogP contribution in [0.15, 0.2) is 54.6 Å². The third-order valence-corrected chi connectivity index (χ3v) is 6.37. The number of piperidine rings is 1. The van der Waals surface area contributed by atoms with Crippen LogP contribution in [0.4, 0.5) is 11.4 Å². The molecule has 2 aliphatic rings. The van der Waals surface area contributed by atoms with Crippen molar-refractivity contribution in [1.29, 1.82) is 0 Å². The molecular formula is C22H30N4O2+2. The number of hydrogen-bond donors (Lipinski definition) is 2. The number of nitro benzene ring substituents is 1. The zero-order valence-electron chi connectivity index (χ0n) is 16.3. The van der Waals surface area contributed by atoms with Crippen molar-refractivity contribution in [3.63, 3.8) is 0 Å². The van der Waals surface area contributed by atoms with E-state index >= 15 is 0 Å². The molecule has 2 heterocycles. The number of benzene rings is 2. The van der Waals surface area contributed by atoms with Crippen LogP contribution in [0.3, 0.4) is 0 Å². The van der Waals surface area contributed by atoms with E-state index in [1.54, 1.807) is 28.0 Å². The van der Waals surface area contributed by atoms with Gasteiger partial charge in [-0.1, -0.05) is 30.3 Å². The second-order valence-corrected chi connectivity index (χ2v) is 8.11. The lowest BCUT2D eigenvalue weighted by Gasteiger charge is -2.39. The summed E-state index contributed by atoms with van der Waals surface area (Å²) < 4.78 is 0. The van der Waals surface area contributed by atoms with Crippen molar-refractivity contribution < 1.29 is 14.7 Å². The molecule has 0 amide bonds. The summed E-state index contributed by atoms with van der Waals surface area (Å²) in [5, 5.41) is 11.0. The Kier molecular flexibility index (Phi) is 5.88. The lowest BCUT2D eigenvalue weighted by atomic mass is 10.0. The van der Waals surface area contributed by atoms with Crippen LogP contribution in [-0.2, 0) is 6.54 Å². The molecule has 6 heteroatoms. The maximum Gasteiger partial charge on any atom is 0.269 e. The number of piperazine rings is 1. The third-order valence-electron chi connectivity index (χ3n) is 6.37. The van der Waals surface area contributed by atoms with Gasteiger partial charge in [0.1, 0.15) is 6.54 Å². The molecule has 148 valence electrons. The zero-order valence-corrected chi connectivity index (χ0v) is 16.3. The van der Waals surface area contributed by atoms with Gasteiger partial charge in [-0.15, -0.1) is 0 Å². The monoisotopic (exact) mass is 382 g/mol. The molecule has 0 atom stereocenters. The quantitative estimate of drug-likeness (QED) is 0.587. The van der Waals surface area contributed by atoms with Gasteiger partial charge >= 0.3 is 0 Å². The van der Waals surface area contributed by atoms with Crippen molar-refractivity contribution in [3.05, 3.63) is 70.3 Å². The van der Waals surface area contributed by atoms with Crippen LogP contribution in [0.25, 0.3) is 0 Å². The third kappa shape index (κ3) is 4.51. The van der Waals surface area contributed by atoms with Crippen LogP contribution < -0.4 is 14.7 Å². The topological polar surface area (TPSA) is 55.3 Å². The fourth-order valence-electron chi connectivity index (χ4n) is 4.78. The van der Waals surface area contributed by atoms with E-state index in [0.29, 0.717) is 0 Å². The highest BCUT2D eigenvalue weighted by Gasteiger charge is 2.32. The Balaban J connectivity index is 1.25. The highest BCUT2D eigenvalue weighted by molar-refractivity contribution is 5.46. The Hall–Kier alpha value is -2.44. The number of rotatable bonds is 5. The first-order valence-electron chi connectivity index (χ1n) is 10.4. The van der Waals surface area contributed by atoms with E-state index in [4.69, 9.17) is 0 Å². The number of para-hydroxylation sites is 1. The van der Waals surface area contributed by atoms with Gasteiger partial charge < -0.3 is 14.7 Å². The number of non-ortho nitro benzene ring substituents is 1. The first-order chi connectivity index (χ1) is 13.7. The van der Waals surface area contributed by atoms with Crippen molar-refractivity contribution in [2.75, 3.05) is 44.2 Å². The van der Waals surface area contributed by atoms with E-state index in [1.165, 1.54) is 44.7 Å². The Morgan fingerprint density at radius 2 is 1.68 bits per heavy atom. The summed E-state index contributed by atoms with van der Waals surface area (Å²) in [7, 11) is 0.